The molecule has 0 N–H and O–H groups in total. The Morgan fingerprint density at radius 3 is 1.62 bits per heavy atom. The Labute approximate surface area is 50.2 Å². The van der Waals surface area contributed by atoms with Gasteiger partial charge >= 0.3 is 0 Å². The lowest BCUT2D eigenvalue weighted by Gasteiger charge is -1.95. The average molecular weight is 106 g/mol. The summed E-state index contributed by atoms with van der Waals surface area (Å²) in [6, 6.07) is 0. The van der Waals surface area contributed by atoms with Gasteiger partial charge in [0.2, 0.25) is 0 Å². The zero-order valence-corrected chi connectivity index (χ0v) is 5.36. The first-order chi connectivity index (χ1) is 3.72. The topological polar surface area (TPSA) is 0 Å². The van der Waals surface area contributed by atoms with E-state index in [1.54, 1.807) is 0 Å². The second kappa shape index (κ2) is 1.62. The number of hydrogen-bond donors (Lipinski definition) is 0. The van der Waals surface area contributed by atoms with Crippen LogP contribution in [0.4, 0.5) is 0 Å². The molecule has 1 rings (SSSR count). The fraction of sp³-hybridized carbons (Fsp3) is 0.250. The molecule has 42 valence electrons. The summed E-state index contributed by atoms with van der Waals surface area (Å²) in [5.74, 6) is 0. The van der Waals surface area contributed by atoms with E-state index in [1.165, 1.54) is 16.7 Å². The SMILES string of the molecule is C=C1C(C)=CC=C1C. The van der Waals surface area contributed by atoms with Crippen molar-refractivity contribution in [3.05, 3.63) is 35.5 Å². The van der Waals surface area contributed by atoms with Gasteiger partial charge < -0.3 is 0 Å². The van der Waals surface area contributed by atoms with Gasteiger partial charge in [0.25, 0.3) is 0 Å². The Morgan fingerprint density at radius 1 is 1.12 bits per heavy atom. The van der Waals surface area contributed by atoms with Gasteiger partial charge in [-0.1, -0.05) is 18.7 Å². The van der Waals surface area contributed by atoms with Gasteiger partial charge in [-0.05, 0) is 30.6 Å². The van der Waals surface area contributed by atoms with Crippen LogP contribution in [0.2, 0.25) is 0 Å². The standard InChI is InChI=1S/C8H10/c1-6-4-5-7(2)8(6)3/h4-5H,3H2,1-2H3. The van der Waals surface area contributed by atoms with E-state index in [9.17, 15) is 0 Å². The zero-order chi connectivity index (χ0) is 6.15. The molecule has 0 aromatic carbocycles. The van der Waals surface area contributed by atoms with Crippen LogP contribution in [-0.4, -0.2) is 0 Å². The van der Waals surface area contributed by atoms with Crippen LogP contribution in [0.25, 0.3) is 0 Å². The van der Waals surface area contributed by atoms with Gasteiger partial charge in [-0.3, -0.25) is 0 Å². The van der Waals surface area contributed by atoms with Crippen molar-refractivity contribution in [2.24, 2.45) is 0 Å². The van der Waals surface area contributed by atoms with Gasteiger partial charge in [0.1, 0.15) is 0 Å². The second-order valence-electron chi connectivity index (χ2n) is 2.18. The summed E-state index contributed by atoms with van der Waals surface area (Å²) in [6.45, 7) is 8.04. The van der Waals surface area contributed by atoms with Crippen LogP contribution in [-0.2, 0) is 0 Å². The Hall–Kier alpha value is -0.780. The van der Waals surface area contributed by atoms with Crippen molar-refractivity contribution in [1.29, 1.82) is 0 Å². The molecule has 0 spiro atoms. The van der Waals surface area contributed by atoms with Crippen LogP contribution >= 0.6 is 0 Å². The van der Waals surface area contributed by atoms with E-state index in [4.69, 9.17) is 0 Å². The van der Waals surface area contributed by atoms with E-state index in [-0.39, 0.29) is 0 Å². The molecule has 0 nitrogen and oxygen atoms in total. The van der Waals surface area contributed by atoms with E-state index in [0.717, 1.165) is 0 Å². The van der Waals surface area contributed by atoms with Gasteiger partial charge in [0, 0.05) is 0 Å². The Bertz CT molecular complexity index is 160. The lowest BCUT2D eigenvalue weighted by molar-refractivity contribution is 1.39. The summed E-state index contributed by atoms with van der Waals surface area (Å²) in [7, 11) is 0. The fourth-order valence-corrected chi connectivity index (χ4v) is 0.762. The first kappa shape index (κ1) is 5.36. The van der Waals surface area contributed by atoms with Crippen molar-refractivity contribution >= 4 is 0 Å². The summed E-state index contributed by atoms with van der Waals surface area (Å²) in [4.78, 5) is 0. The van der Waals surface area contributed by atoms with Crippen molar-refractivity contribution in [1.82, 2.24) is 0 Å². The van der Waals surface area contributed by atoms with Gasteiger partial charge in [-0.25, -0.2) is 0 Å². The first-order valence-electron chi connectivity index (χ1n) is 2.76. The van der Waals surface area contributed by atoms with Crippen molar-refractivity contribution in [3.63, 3.8) is 0 Å². The normalized spacial score (nSPS) is 18.5. The lowest BCUT2D eigenvalue weighted by Crippen LogP contribution is -1.75. The van der Waals surface area contributed by atoms with Gasteiger partial charge in [-0.15, -0.1) is 0 Å². The number of rotatable bonds is 0. The molecule has 0 heteroatoms. The third-order valence-corrected chi connectivity index (χ3v) is 1.54. The van der Waals surface area contributed by atoms with Crippen LogP contribution in [0.3, 0.4) is 0 Å². The molecule has 0 unspecified atom stereocenters. The quantitative estimate of drug-likeness (QED) is 0.445. The summed E-state index contributed by atoms with van der Waals surface area (Å²) in [5, 5.41) is 0. The maximum atomic E-state index is 3.88. The number of allylic oxidation sites excluding steroid dienone is 5. The van der Waals surface area contributed by atoms with Gasteiger partial charge in [-0.2, -0.15) is 0 Å². The fourth-order valence-electron chi connectivity index (χ4n) is 0.762. The van der Waals surface area contributed by atoms with E-state index in [1.807, 2.05) is 0 Å². The molecule has 0 bridgehead atoms. The van der Waals surface area contributed by atoms with E-state index in [2.05, 4.69) is 32.6 Å². The van der Waals surface area contributed by atoms with E-state index >= 15 is 0 Å². The molecule has 0 aliphatic heterocycles. The highest BCUT2D eigenvalue weighted by atomic mass is 14.1. The minimum absolute atomic E-state index is 1.19. The molecule has 1 aliphatic carbocycles. The molecule has 0 atom stereocenters. The molecule has 0 aromatic rings. The molecule has 0 amide bonds. The van der Waals surface area contributed by atoms with Crippen molar-refractivity contribution in [2.45, 2.75) is 13.8 Å². The summed E-state index contributed by atoms with van der Waals surface area (Å²) in [5.41, 5.74) is 3.77. The molecule has 0 heterocycles. The van der Waals surface area contributed by atoms with Crippen LogP contribution < -0.4 is 0 Å². The van der Waals surface area contributed by atoms with Crippen LogP contribution in [0.1, 0.15) is 13.8 Å². The van der Waals surface area contributed by atoms with Gasteiger partial charge in [0.15, 0.2) is 0 Å². The monoisotopic (exact) mass is 106 g/mol. The highest BCUT2D eigenvalue weighted by molar-refractivity contribution is 5.51. The van der Waals surface area contributed by atoms with Gasteiger partial charge in [0.05, 0.1) is 0 Å². The minimum Gasteiger partial charge on any atom is -0.0912 e. The minimum atomic E-state index is 1.19. The maximum absolute atomic E-state index is 3.88. The molecule has 0 saturated carbocycles. The molecular formula is C8H10. The highest BCUT2D eigenvalue weighted by Crippen LogP contribution is 2.22. The molecule has 0 fully saturated rings. The lowest BCUT2D eigenvalue weighted by atomic mass is 10.1. The van der Waals surface area contributed by atoms with E-state index in [0.29, 0.717) is 0 Å². The van der Waals surface area contributed by atoms with E-state index < -0.39 is 0 Å². The van der Waals surface area contributed by atoms with Crippen LogP contribution in [0, 0.1) is 0 Å². The number of hydrogen-bond acceptors (Lipinski definition) is 0. The highest BCUT2D eigenvalue weighted by Gasteiger charge is 2.02. The second-order valence-corrected chi connectivity index (χ2v) is 2.18. The molecule has 0 radical (unpaired) electrons. The molecular weight excluding hydrogens is 96.1 g/mol. The van der Waals surface area contributed by atoms with Crippen molar-refractivity contribution in [2.75, 3.05) is 0 Å². The predicted octanol–water partition coefficient (Wildman–Crippen LogP) is 2.45. The smallest absolute Gasteiger partial charge is 0.0270 e. The Balaban J connectivity index is 2.92. The third kappa shape index (κ3) is 0.623. The Morgan fingerprint density at radius 2 is 1.50 bits per heavy atom. The first-order valence-corrected chi connectivity index (χ1v) is 2.76. The van der Waals surface area contributed by atoms with Crippen LogP contribution in [0.5, 0.6) is 0 Å². The average Bonchev–Trinajstić information content (AvgIpc) is 1.98. The maximum Gasteiger partial charge on any atom is -0.0270 e. The van der Waals surface area contributed by atoms with Crippen molar-refractivity contribution in [3.8, 4) is 0 Å². The molecule has 0 aromatic heterocycles. The molecule has 1 aliphatic rings. The van der Waals surface area contributed by atoms with Crippen LogP contribution in [0.15, 0.2) is 35.5 Å². The zero-order valence-electron chi connectivity index (χ0n) is 5.36. The molecule has 0 saturated heterocycles. The molecule has 8 heavy (non-hydrogen) atoms. The third-order valence-electron chi connectivity index (χ3n) is 1.54. The van der Waals surface area contributed by atoms with Crippen molar-refractivity contribution < 1.29 is 0 Å². The predicted molar refractivity (Wildman–Crippen MR) is 36.7 cm³/mol. The summed E-state index contributed by atoms with van der Waals surface area (Å²) in [6.07, 6.45) is 4.19. The summed E-state index contributed by atoms with van der Waals surface area (Å²) < 4.78 is 0. The summed E-state index contributed by atoms with van der Waals surface area (Å²) >= 11 is 0. The largest absolute Gasteiger partial charge is 0.0912 e. The Kier molecular flexibility index (Phi) is 1.09.